The normalized spacial score (nSPS) is 11.0. The van der Waals surface area contributed by atoms with Gasteiger partial charge in [0.15, 0.2) is 11.5 Å². The molecule has 0 aromatic heterocycles. The average Bonchev–Trinajstić information content (AvgIpc) is 2.68. The number of ether oxygens (including phenoxy) is 2. The topological polar surface area (TPSA) is 30.8 Å². The molecule has 5 heteroatoms. The highest BCUT2D eigenvalue weighted by Crippen LogP contribution is 2.37. The van der Waals surface area contributed by atoms with Crippen LogP contribution in [-0.2, 0) is 6.61 Å². The van der Waals surface area contributed by atoms with Crippen molar-refractivity contribution in [3.8, 4) is 11.5 Å². The van der Waals surface area contributed by atoms with Gasteiger partial charge in [-0.2, -0.15) is 0 Å². The minimum absolute atomic E-state index is 0.113. The summed E-state index contributed by atoms with van der Waals surface area (Å²) in [5.74, 6) is 0.828. The lowest BCUT2D eigenvalue weighted by atomic mass is 10.2. The largest absolute Gasteiger partial charge is 0.490 e. The summed E-state index contributed by atoms with van der Waals surface area (Å²) in [6.45, 7) is 4.55. The summed E-state index contributed by atoms with van der Waals surface area (Å²) in [4.78, 5) is 4.50. The molecule has 0 aliphatic rings. The Morgan fingerprint density at radius 3 is 2.50 bits per heavy atom. The molecule has 3 rings (SSSR count). The second-order valence-electron chi connectivity index (χ2n) is 6.24. The van der Waals surface area contributed by atoms with E-state index in [0.29, 0.717) is 23.7 Å². The summed E-state index contributed by atoms with van der Waals surface area (Å²) in [6, 6.07) is 18.3. The summed E-state index contributed by atoms with van der Waals surface area (Å²) in [6.07, 6.45) is 1.78. The summed E-state index contributed by atoms with van der Waals surface area (Å²) in [7, 11) is 0. The molecule has 0 fully saturated rings. The van der Waals surface area contributed by atoms with Crippen molar-refractivity contribution in [2.24, 2.45) is 4.99 Å². The van der Waals surface area contributed by atoms with Gasteiger partial charge in [0, 0.05) is 11.8 Å². The van der Waals surface area contributed by atoms with Crippen LogP contribution >= 0.6 is 15.9 Å². The Balaban J connectivity index is 1.83. The van der Waals surface area contributed by atoms with E-state index >= 15 is 0 Å². The number of aryl methyl sites for hydroxylation is 1. The van der Waals surface area contributed by atoms with Crippen molar-refractivity contribution in [1.82, 2.24) is 0 Å². The quantitative estimate of drug-likeness (QED) is 0.385. The predicted octanol–water partition coefficient (Wildman–Crippen LogP) is 6.62. The lowest BCUT2D eigenvalue weighted by Gasteiger charge is -2.15. The van der Waals surface area contributed by atoms with E-state index < -0.39 is 0 Å². The molecule has 0 bridgehead atoms. The van der Waals surface area contributed by atoms with E-state index in [2.05, 4.69) is 20.9 Å². The third-order valence-corrected chi connectivity index (χ3v) is 4.65. The van der Waals surface area contributed by atoms with Crippen molar-refractivity contribution in [2.75, 3.05) is 6.61 Å². The molecule has 0 heterocycles. The molecular weight excluding hydrogens is 421 g/mol. The van der Waals surface area contributed by atoms with E-state index in [1.165, 1.54) is 11.6 Å². The van der Waals surface area contributed by atoms with E-state index in [1.807, 2.05) is 50.2 Å². The average molecular weight is 442 g/mol. The van der Waals surface area contributed by atoms with Crippen LogP contribution < -0.4 is 9.47 Å². The third kappa shape index (κ3) is 5.20. The van der Waals surface area contributed by atoms with Gasteiger partial charge in [-0.3, -0.25) is 4.99 Å². The van der Waals surface area contributed by atoms with Crippen LogP contribution in [0.15, 0.2) is 70.1 Å². The molecule has 0 saturated carbocycles. The van der Waals surface area contributed by atoms with E-state index in [4.69, 9.17) is 9.47 Å². The fraction of sp³-hybridized carbons (Fsp3) is 0.174. The van der Waals surface area contributed by atoms with Crippen molar-refractivity contribution < 1.29 is 13.9 Å². The number of rotatable bonds is 7. The molecule has 0 saturated heterocycles. The highest BCUT2D eigenvalue weighted by atomic mass is 79.9. The first-order valence-corrected chi connectivity index (χ1v) is 9.79. The molecule has 0 aliphatic carbocycles. The Bertz CT molecular complexity index is 971. The smallest absolute Gasteiger partial charge is 0.175 e. The zero-order valence-electron chi connectivity index (χ0n) is 15.8. The van der Waals surface area contributed by atoms with Crippen LogP contribution in [0.2, 0.25) is 0 Å². The summed E-state index contributed by atoms with van der Waals surface area (Å²) < 4.78 is 26.2. The Hall–Kier alpha value is -2.66. The molecule has 3 nitrogen and oxygen atoms in total. The highest BCUT2D eigenvalue weighted by Gasteiger charge is 2.13. The maximum Gasteiger partial charge on any atom is 0.175 e. The Kier molecular flexibility index (Phi) is 6.82. The third-order valence-electron chi connectivity index (χ3n) is 4.06. The first kappa shape index (κ1) is 20.1. The molecule has 0 unspecified atom stereocenters. The number of hydrogen-bond donors (Lipinski definition) is 0. The van der Waals surface area contributed by atoms with Gasteiger partial charge in [-0.1, -0.05) is 35.9 Å². The van der Waals surface area contributed by atoms with E-state index in [9.17, 15) is 4.39 Å². The molecule has 0 aliphatic heterocycles. The van der Waals surface area contributed by atoms with Crippen LogP contribution in [0.4, 0.5) is 10.1 Å². The molecular formula is C23H21BrFNO2. The van der Waals surface area contributed by atoms with Gasteiger partial charge in [0.05, 0.1) is 16.8 Å². The molecule has 0 N–H and O–H groups in total. The molecule has 0 spiro atoms. The second-order valence-corrected chi connectivity index (χ2v) is 7.09. The van der Waals surface area contributed by atoms with Gasteiger partial charge in [-0.05, 0) is 65.7 Å². The predicted molar refractivity (Wildman–Crippen MR) is 114 cm³/mol. The lowest BCUT2D eigenvalue weighted by Crippen LogP contribution is -2.02. The van der Waals surface area contributed by atoms with Gasteiger partial charge >= 0.3 is 0 Å². The highest BCUT2D eigenvalue weighted by molar-refractivity contribution is 9.10. The van der Waals surface area contributed by atoms with Crippen molar-refractivity contribution in [3.63, 3.8) is 0 Å². The van der Waals surface area contributed by atoms with Gasteiger partial charge in [-0.15, -0.1) is 0 Å². The van der Waals surface area contributed by atoms with Crippen molar-refractivity contribution >= 4 is 27.8 Å². The molecule has 0 radical (unpaired) electrons. The van der Waals surface area contributed by atoms with Gasteiger partial charge in [0.2, 0.25) is 0 Å². The van der Waals surface area contributed by atoms with Crippen LogP contribution in [0, 0.1) is 12.7 Å². The van der Waals surface area contributed by atoms with Gasteiger partial charge < -0.3 is 9.47 Å². The number of nitrogens with zero attached hydrogens (tertiary/aromatic N) is 1. The minimum Gasteiger partial charge on any atom is -0.490 e. The van der Waals surface area contributed by atoms with Crippen LogP contribution in [0.25, 0.3) is 0 Å². The van der Waals surface area contributed by atoms with Crippen LogP contribution in [0.3, 0.4) is 0 Å². The molecule has 0 atom stereocenters. The van der Waals surface area contributed by atoms with Crippen LogP contribution in [0.5, 0.6) is 11.5 Å². The molecule has 0 amide bonds. The SMILES string of the molecule is CCOc1cc(C=Nc2ccc(C)cc2)cc(Br)c1OCc1ccccc1F. The van der Waals surface area contributed by atoms with Crippen molar-refractivity contribution in [3.05, 3.63) is 87.6 Å². The summed E-state index contributed by atoms with van der Waals surface area (Å²) in [5, 5.41) is 0. The summed E-state index contributed by atoms with van der Waals surface area (Å²) in [5.41, 5.74) is 3.42. The van der Waals surface area contributed by atoms with Gasteiger partial charge in [-0.25, -0.2) is 4.39 Å². The number of benzene rings is 3. The number of aliphatic imine (C=N–C) groups is 1. The Morgan fingerprint density at radius 2 is 1.79 bits per heavy atom. The van der Waals surface area contributed by atoms with E-state index in [-0.39, 0.29) is 12.4 Å². The zero-order valence-corrected chi connectivity index (χ0v) is 17.4. The lowest BCUT2D eigenvalue weighted by molar-refractivity contribution is 0.264. The van der Waals surface area contributed by atoms with Crippen molar-refractivity contribution in [2.45, 2.75) is 20.5 Å². The Morgan fingerprint density at radius 1 is 1.04 bits per heavy atom. The summed E-state index contributed by atoms with van der Waals surface area (Å²) >= 11 is 3.54. The van der Waals surface area contributed by atoms with Gasteiger partial charge in [0.1, 0.15) is 12.4 Å². The molecule has 3 aromatic carbocycles. The number of halogens is 2. The number of hydrogen-bond acceptors (Lipinski definition) is 3. The Labute approximate surface area is 173 Å². The minimum atomic E-state index is -0.293. The van der Waals surface area contributed by atoms with E-state index in [1.54, 1.807) is 24.4 Å². The fourth-order valence-corrected chi connectivity index (χ4v) is 3.18. The monoisotopic (exact) mass is 441 g/mol. The van der Waals surface area contributed by atoms with E-state index in [0.717, 1.165) is 15.7 Å². The zero-order chi connectivity index (χ0) is 19.9. The molecule has 144 valence electrons. The molecule has 3 aromatic rings. The van der Waals surface area contributed by atoms with Crippen LogP contribution in [0.1, 0.15) is 23.6 Å². The second kappa shape index (κ2) is 9.51. The van der Waals surface area contributed by atoms with Gasteiger partial charge in [0.25, 0.3) is 0 Å². The fourth-order valence-electron chi connectivity index (χ4n) is 2.61. The maximum absolute atomic E-state index is 13.9. The first-order valence-electron chi connectivity index (χ1n) is 9.00. The molecule has 28 heavy (non-hydrogen) atoms. The standard InChI is InChI=1S/C23H21BrFNO2/c1-3-27-22-13-17(14-26-19-10-8-16(2)9-11-19)12-20(24)23(22)28-15-18-6-4-5-7-21(18)25/h4-14H,3,15H2,1-2H3. The first-order chi connectivity index (χ1) is 13.6. The van der Waals surface area contributed by atoms with Crippen molar-refractivity contribution in [1.29, 1.82) is 0 Å². The van der Waals surface area contributed by atoms with Crippen LogP contribution in [-0.4, -0.2) is 12.8 Å². The maximum atomic E-state index is 13.9.